The SMILES string of the molecule is CC/C=C\C/C=C\C/C=C\C/C=C\C/C=C\C/C=C\CCCCCCC(=O)OCC(COC(=O)CCCCCCC/C=C\C/C=C\CCCC)OC(=O)CCCCCCCCCC/C=C\C/C=C\C/C=C\CCCCCCC. The zero-order chi connectivity index (χ0) is 56.4. The predicted octanol–water partition coefficient (Wildman–Crippen LogP) is 22.2. The van der Waals surface area contributed by atoms with Crippen LogP contribution in [0.2, 0.25) is 0 Å². The third kappa shape index (κ3) is 62.4. The molecule has 0 rings (SSSR count). The fourth-order valence-corrected chi connectivity index (χ4v) is 8.53. The Morgan fingerprint density at radius 2 is 0.513 bits per heavy atom. The van der Waals surface area contributed by atoms with Crippen LogP contribution in [0, 0.1) is 0 Å². The molecule has 0 saturated carbocycles. The Bertz CT molecular complexity index is 1670. The van der Waals surface area contributed by atoms with Crippen LogP contribution in [0.4, 0.5) is 0 Å². The Morgan fingerprint density at radius 1 is 0.269 bits per heavy atom. The summed E-state index contributed by atoms with van der Waals surface area (Å²) in [6.45, 7) is 6.44. The summed E-state index contributed by atoms with van der Waals surface area (Å²) < 4.78 is 16.9. The Hall–Kier alpha value is -4.45. The maximum absolute atomic E-state index is 12.9. The van der Waals surface area contributed by atoms with E-state index in [9.17, 15) is 14.4 Å². The van der Waals surface area contributed by atoms with Crippen molar-refractivity contribution >= 4 is 17.9 Å². The number of allylic oxidation sites excluding steroid dienone is 22. The summed E-state index contributed by atoms with van der Waals surface area (Å²) in [6.07, 6.45) is 91.6. The van der Waals surface area contributed by atoms with Crippen LogP contribution in [0.15, 0.2) is 134 Å². The average Bonchev–Trinajstić information content (AvgIpc) is 3.44. The molecule has 0 radical (unpaired) electrons. The highest BCUT2D eigenvalue weighted by Crippen LogP contribution is 2.14. The van der Waals surface area contributed by atoms with E-state index in [2.05, 4.69) is 154 Å². The van der Waals surface area contributed by atoms with Gasteiger partial charge in [0.25, 0.3) is 0 Å². The van der Waals surface area contributed by atoms with E-state index < -0.39 is 6.10 Å². The minimum atomic E-state index is -0.806. The first-order valence-corrected chi connectivity index (χ1v) is 32.2. The molecule has 6 heteroatoms. The number of carbonyl (C=O) groups is 3. The quantitative estimate of drug-likeness (QED) is 0.0261. The van der Waals surface area contributed by atoms with Crippen molar-refractivity contribution in [1.29, 1.82) is 0 Å². The van der Waals surface area contributed by atoms with Gasteiger partial charge in [-0.2, -0.15) is 0 Å². The van der Waals surface area contributed by atoms with Crippen molar-refractivity contribution in [1.82, 2.24) is 0 Å². The molecule has 1 unspecified atom stereocenters. The lowest BCUT2D eigenvalue weighted by atomic mass is 10.1. The van der Waals surface area contributed by atoms with Crippen LogP contribution in [0.3, 0.4) is 0 Å². The number of ether oxygens (including phenoxy) is 3. The van der Waals surface area contributed by atoms with E-state index in [1.165, 1.54) is 89.9 Å². The number of rotatable bonds is 57. The molecule has 0 amide bonds. The van der Waals surface area contributed by atoms with Crippen molar-refractivity contribution in [3.8, 4) is 0 Å². The van der Waals surface area contributed by atoms with Gasteiger partial charge in [-0.15, -0.1) is 0 Å². The number of hydrogen-bond donors (Lipinski definition) is 0. The molecule has 0 N–H and O–H groups in total. The van der Waals surface area contributed by atoms with Crippen molar-refractivity contribution in [2.75, 3.05) is 13.2 Å². The molecule has 442 valence electrons. The highest BCUT2D eigenvalue weighted by Gasteiger charge is 2.19. The van der Waals surface area contributed by atoms with Crippen molar-refractivity contribution in [2.24, 2.45) is 0 Å². The first kappa shape index (κ1) is 73.5. The van der Waals surface area contributed by atoms with Gasteiger partial charge in [0.1, 0.15) is 13.2 Å². The molecule has 0 aliphatic carbocycles. The van der Waals surface area contributed by atoms with Crippen LogP contribution in [-0.4, -0.2) is 37.2 Å². The topological polar surface area (TPSA) is 78.9 Å². The van der Waals surface area contributed by atoms with E-state index in [0.717, 1.165) is 154 Å². The predicted molar refractivity (Wildman–Crippen MR) is 339 cm³/mol. The fraction of sp³-hybridized carbons (Fsp3) is 0.653. The maximum Gasteiger partial charge on any atom is 0.306 e. The van der Waals surface area contributed by atoms with Gasteiger partial charge in [0.15, 0.2) is 6.10 Å². The molecular formula is C72H118O6. The Balaban J connectivity index is 4.46. The summed E-state index contributed by atoms with van der Waals surface area (Å²) in [5.41, 5.74) is 0. The average molecular weight is 1080 g/mol. The molecule has 0 aromatic rings. The second kappa shape index (κ2) is 65.1. The lowest BCUT2D eigenvalue weighted by Crippen LogP contribution is -2.30. The number of hydrogen-bond acceptors (Lipinski definition) is 6. The second-order valence-electron chi connectivity index (χ2n) is 20.9. The Kier molecular flexibility index (Phi) is 61.4. The number of unbranched alkanes of at least 4 members (excludes halogenated alkanes) is 24. The summed E-state index contributed by atoms with van der Waals surface area (Å²) in [7, 11) is 0. The molecule has 0 bridgehead atoms. The summed E-state index contributed by atoms with van der Waals surface area (Å²) >= 11 is 0. The Morgan fingerprint density at radius 3 is 0.821 bits per heavy atom. The fourth-order valence-electron chi connectivity index (χ4n) is 8.53. The number of esters is 3. The van der Waals surface area contributed by atoms with E-state index in [1.807, 2.05) is 0 Å². The highest BCUT2D eigenvalue weighted by atomic mass is 16.6. The van der Waals surface area contributed by atoms with E-state index >= 15 is 0 Å². The van der Waals surface area contributed by atoms with Gasteiger partial charge in [-0.25, -0.2) is 0 Å². The molecule has 1 atom stereocenters. The molecule has 0 fully saturated rings. The van der Waals surface area contributed by atoms with Gasteiger partial charge < -0.3 is 14.2 Å². The third-order valence-corrected chi connectivity index (χ3v) is 13.4. The van der Waals surface area contributed by atoms with E-state index in [0.29, 0.717) is 19.3 Å². The molecule has 6 nitrogen and oxygen atoms in total. The molecule has 78 heavy (non-hydrogen) atoms. The molecule has 0 spiro atoms. The third-order valence-electron chi connectivity index (χ3n) is 13.4. The number of carbonyl (C=O) groups excluding carboxylic acids is 3. The summed E-state index contributed by atoms with van der Waals surface area (Å²) in [4.78, 5) is 38.3. The van der Waals surface area contributed by atoms with Gasteiger partial charge in [-0.3, -0.25) is 14.4 Å². The van der Waals surface area contributed by atoms with Gasteiger partial charge in [0, 0.05) is 19.3 Å². The zero-order valence-electron chi connectivity index (χ0n) is 50.6. The van der Waals surface area contributed by atoms with Gasteiger partial charge in [-0.1, -0.05) is 264 Å². The molecule has 0 aliphatic rings. The normalized spacial score (nSPS) is 13.0. The standard InChI is InChI=1S/C72H118O6/c1-4-7-10-13-16-19-22-25-28-30-32-34-36-38-40-42-44-47-50-53-56-59-62-65-71(74)77-68-69(67-76-70(73)64-61-58-55-52-49-46-27-24-21-18-15-12-9-6-3)78-72(75)66-63-60-57-54-51-48-45-43-41-39-37-35-33-31-29-26-23-20-17-14-11-8-5-2/h7,10,15-16,18-19,23-28,31-34,37-40,44,47,69H,4-6,8-9,11-14,17,20-22,29-30,35-36,41-43,45-46,48-68H2,1-3H3/b10-7-,18-15-,19-16-,26-23-,27-24-,28-25-,33-31-,34-32-,39-37-,40-38-,47-44-. The van der Waals surface area contributed by atoms with Gasteiger partial charge in [0.2, 0.25) is 0 Å². The summed E-state index contributed by atoms with van der Waals surface area (Å²) in [5, 5.41) is 0. The first-order valence-electron chi connectivity index (χ1n) is 32.2. The van der Waals surface area contributed by atoms with Crippen LogP contribution in [0.5, 0.6) is 0 Å². The smallest absolute Gasteiger partial charge is 0.306 e. The largest absolute Gasteiger partial charge is 0.462 e. The molecule has 0 saturated heterocycles. The second-order valence-corrected chi connectivity index (χ2v) is 20.9. The first-order chi connectivity index (χ1) is 38.5. The molecule has 0 aromatic carbocycles. The van der Waals surface area contributed by atoms with Crippen LogP contribution < -0.4 is 0 Å². The van der Waals surface area contributed by atoms with Crippen molar-refractivity contribution in [3.05, 3.63) is 134 Å². The van der Waals surface area contributed by atoms with Crippen LogP contribution in [0.1, 0.15) is 284 Å². The van der Waals surface area contributed by atoms with E-state index in [1.54, 1.807) is 0 Å². The monoisotopic (exact) mass is 1080 g/mol. The molecule has 0 heterocycles. The summed E-state index contributed by atoms with van der Waals surface area (Å²) in [5.74, 6) is -0.944. The zero-order valence-corrected chi connectivity index (χ0v) is 50.6. The van der Waals surface area contributed by atoms with Gasteiger partial charge in [-0.05, 0) is 135 Å². The van der Waals surface area contributed by atoms with Crippen molar-refractivity contribution in [2.45, 2.75) is 290 Å². The van der Waals surface area contributed by atoms with Crippen LogP contribution >= 0.6 is 0 Å². The van der Waals surface area contributed by atoms with E-state index in [-0.39, 0.29) is 31.1 Å². The van der Waals surface area contributed by atoms with Crippen molar-refractivity contribution in [3.63, 3.8) is 0 Å². The lowest BCUT2D eigenvalue weighted by molar-refractivity contribution is -0.167. The Labute approximate surface area is 481 Å². The van der Waals surface area contributed by atoms with Crippen molar-refractivity contribution < 1.29 is 28.6 Å². The maximum atomic E-state index is 12.9. The minimum Gasteiger partial charge on any atom is -0.462 e. The molecular weight excluding hydrogens is 961 g/mol. The summed E-state index contributed by atoms with van der Waals surface area (Å²) in [6, 6.07) is 0. The van der Waals surface area contributed by atoms with Crippen LogP contribution in [-0.2, 0) is 28.6 Å². The highest BCUT2D eigenvalue weighted by molar-refractivity contribution is 5.71. The molecule has 0 aliphatic heterocycles. The van der Waals surface area contributed by atoms with Gasteiger partial charge in [0.05, 0.1) is 0 Å². The van der Waals surface area contributed by atoms with E-state index in [4.69, 9.17) is 14.2 Å². The van der Waals surface area contributed by atoms with Crippen LogP contribution in [0.25, 0.3) is 0 Å². The minimum absolute atomic E-state index is 0.101. The lowest BCUT2D eigenvalue weighted by Gasteiger charge is -2.18. The molecule has 0 aromatic heterocycles. The van der Waals surface area contributed by atoms with Gasteiger partial charge >= 0.3 is 17.9 Å².